The van der Waals surface area contributed by atoms with Gasteiger partial charge in [0, 0.05) is 11.5 Å². The van der Waals surface area contributed by atoms with E-state index in [1.165, 1.54) is 0 Å². The largest absolute Gasteiger partial charge is 0.503 e. The Kier molecular flexibility index (Phi) is 3.31. The maximum Gasteiger partial charge on any atom is 0.269 e. The van der Waals surface area contributed by atoms with Gasteiger partial charge in [0.2, 0.25) is 10.9 Å². The first kappa shape index (κ1) is 12.9. The Morgan fingerprint density at radius 3 is 1.28 bits per heavy atom. The molecular weight excluding hydrogens is 280 g/mol. The van der Waals surface area contributed by atoms with Crippen molar-refractivity contribution in [2.75, 3.05) is 11.5 Å². The van der Waals surface area contributed by atoms with Gasteiger partial charge in [-0.3, -0.25) is 19.2 Å². The maximum atomic E-state index is 11.0. The second kappa shape index (κ2) is 4.62. The number of rotatable bonds is 5. The van der Waals surface area contributed by atoms with Crippen LogP contribution in [0.2, 0.25) is 0 Å². The predicted octanol–water partition coefficient (Wildman–Crippen LogP) is -0.826. The summed E-state index contributed by atoms with van der Waals surface area (Å²) in [5.74, 6) is -0.318. The van der Waals surface area contributed by atoms with Crippen molar-refractivity contribution in [3.8, 4) is 11.5 Å². The molecule has 0 saturated carbocycles. The van der Waals surface area contributed by atoms with Crippen LogP contribution in [-0.4, -0.2) is 21.7 Å². The van der Waals surface area contributed by atoms with E-state index < -0.39 is 33.2 Å². The fourth-order valence-corrected chi connectivity index (χ4v) is 3.25. The molecule has 0 aliphatic heterocycles. The van der Waals surface area contributed by atoms with Gasteiger partial charge in [-0.1, -0.05) is 0 Å². The molecule has 18 heavy (non-hydrogen) atoms. The molecule has 8 heteroatoms. The highest BCUT2D eigenvalue weighted by atomic mass is 32.2. The summed E-state index contributed by atoms with van der Waals surface area (Å²) in [7, 11) is 0. The molecule has 2 N–H and O–H groups in total. The van der Waals surface area contributed by atoms with Crippen molar-refractivity contribution >= 4 is 23.5 Å². The van der Waals surface area contributed by atoms with Crippen LogP contribution in [0, 0.1) is 0 Å². The molecular formula is C10H6O6S2. The van der Waals surface area contributed by atoms with E-state index in [1.54, 1.807) is 0 Å². The minimum absolute atomic E-state index is 0.0230. The van der Waals surface area contributed by atoms with E-state index in [2.05, 4.69) is 0 Å². The second-order valence-electron chi connectivity index (χ2n) is 3.37. The topological polar surface area (TPSA) is 109 Å². The molecule has 2 aromatic rings. The molecule has 0 aliphatic carbocycles. The summed E-state index contributed by atoms with van der Waals surface area (Å²) in [6.45, 7) is 0. The lowest BCUT2D eigenvalue weighted by atomic mass is 10.3. The van der Waals surface area contributed by atoms with Crippen LogP contribution in [0.15, 0.2) is 29.0 Å². The van der Waals surface area contributed by atoms with Crippen LogP contribution in [0.5, 0.6) is 11.5 Å². The van der Waals surface area contributed by atoms with Crippen molar-refractivity contribution in [2.24, 2.45) is 0 Å². The molecule has 6 nitrogen and oxygen atoms in total. The Morgan fingerprint density at radius 2 is 1.00 bits per heavy atom. The number of hydrogen-bond acceptors (Lipinski definition) is 8. The highest BCUT2D eigenvalue weighted by molar-refractivity contribution is 8.03. The van der Waals surface area contributed by atoms with E-state index in [1.807, 2.05) is 0 Å². The van der Waals surface area contributed by atoms with Gasteiger partial charge < -0.3 is 10.2 Å². The average molecular weight is 286 g/mol. The molecule has 0 radical (unpaired) electrons. The van der Waals surface area contributed by atoms with Gasteiger partial charge in [-0.05, 0) is 0 Å². The van der Waals surface area contributed by atoms with Gasteiger partial charge in [0.15, 0.2) is 11.5 Å². The molecule has 0 aliphatic rings. The maximum absolute atomic E-state index is 11.0. The lowest BCUT2D eigenvalue weighted by Crippen LogP contribution is -2.32. The van der Waals surface area contributed by atoms with Crippen molar-refractivity contribution in [1.82, 2.24) is 0 Å². The average Bonchev–Trinajstić information content (AvgIpc) is 2.40. The Balaban J connectivity index is 1.85. The van der Waals surface area contributed by atoms with E-state index in [-0.39, 0.29) is 9.79 Å². The quantitative estimate of drug-likeness (QED) is 0.416. The van der Waals surface area contributed by atoms with Crippen LogP contribution in [0.1, 0.15) is 0 Å². The molecule has 2 rings (SSSR count). The Hall–Kier alpha value is -1.54. The number of hydrogen-bond donors (Lipinski definition) is 2. The van der Waals surface area contributed by atoms with E-state index in [0.717, 1.165) is 23.5 Å². The first-order chi connectivity index (χ1) is 8.45. The summed E-state index contributed by atoms with van der Waals surface area (Å²) in [5, 5.41) is 18.1. The SMILES string of the molecule is O=c1c(O)c(SCCSc2c(O)c(=O)c2=O)c1=O. The van der Waals surface area contributed by atoms with Crippen LogP contribution in [0.25, 0.3) is 0 Å². The van der Waals surface area contributed by atoms with Gasteiger partial charge in [-0.15, -0.1) is 23.5 Å². The minimum atomic E-state index is -0.884. The number of thioether (sulfide) groups is 2. The second-order valence-corrected chi connectivity index (χ2v) is 5.58. The molecule has 0 saturated heterocycles. The summed E-state index contributed by atoms with van der Waals surface area (Å²) in [5.41, 5.74) is -3.19. The monoisotopic (exact) mass is 286 g/mol. The molecule has 0 fully saturated rings. The molecule has 94 valence electrons. The van der Waals surface area contributed by atoms with Gasteiger partial charge in [0.25, 0.3) is 10.9 Å². The van der Waals surface area contributed by atoms with E-state index in [4.69, 9.17) is 10.2 Å². The standard InChI is InChI=1S/C10H6O6S2/c11-3-5(13)9(6(3)14)17-1-2-18-10-7(15)4(12)8(10)16/h13,15H,1-2H2. The van der Waals surface area contributed by atoms with Gasteiger partial charge in [-0.2, -0.15) is 0 Å². The summed E-state index contributed by atoms with van der Waals surface area (Å²) >= 11 is 2.00. The van der Waals surface area contributed by atoms with Crippen LogP contribution in [0.4, 0.5) is 0 Å². The van der Waals surface area contributed by atoms with Gasteiger partial charge >= 0.3 is 0 Å². The molecule has 0 bridgehead atoms. The van der Waals surface area contributed by atoms with Crippen molar-refractivity contribution in [1.29, 1.82) is 0 Å². The number of aromatic hydroxyl groups is 2. The first-order valence-electron chi connectivity index (χ1n) is 4.75. The van der Waals surface area contributed by atoms with Crippen LogP contribution in [-0.2, 0) is 0 Å². The molecule has 0 unspecified atom stereocenters. The third kappa shape index (κ3) is 1.87. The Bertz CT molecular complexity index is 680. The fraction of sp³-hybridized carbons (Fsp3) is 0.200. The first-order valence-corrected chi connectivity index (χ1v) is 6.72. The lowest BCUT2D eigenvalue weighted by molar-refractivity contribution is 0.445. The van der Waals surface area contributed by atoms with Crippen LogP contribution in [0.3, 0.4) is 0 Å². The van der Waals surface area contributed by atoms with Crippen LogP contribution >= 0.6 is 23.5 Å². The van der Waals surface area contributed by atoms with E-state index in [9.17, 15) is 19.2 Å². The Labute approximate surface area is 108 Å². The zero-order valence-electron chi connectivity index (χ0n) is 8.76. The van der Waals surface area contributed by atoms with Gasteiger partial charge in [0.1, 0.15) is 9.79 Å². The zero-order valence-corrected chi connectivity index (χ0v) is 10.4. The van der Waals surface area contributed by atoms with Gasteiger partial charge in [-0.25, -0.2) is 0 Å². The van der Waals surface area contributed by atoms with E-state index >= 15 is 0 Å². The van der Waals surface area contributed by atoms with Gasteiger partial charge in [0.05, 0.1) is 0 Å². The highest BCUT2D eigenvalue weighted by Crippen LogP contribution is 2.27. The highest BCUT2D eigenvalue weighted by Gasteiger charge is 2.22. The predicted molar refractivity (Wildman–Crippen MR) is 67.5 cm³/mol. The molecule has 0 spiro atoms. The van der Waals surface area contributed by atoms with Crippen LogP contribution < -0.4 is 21.7 Å². The van der Waals surface area contributed by atoms with Crippen molar-refractivity contribution in [3.05, 3.63) is 40.9 Å². The summed E-state index contributed by atoms with van der Waals surface area (Å²) < 4.78 is 0. The van der Waals surface area contributed by atoms with Crippen molar-refractivity contribution in [2.45, 2.75) is 9.79 Å². The lowest BCUT2D eigenvalue weighted by Gasteiger charge is -2.06. The smallest absolute Gasteiger partial charge is 0.269 e. The minimum Gasteiger partial charge on any atom is -0.503 e. The third-order valence-electron chi connectivity index (χ3n) is 2.26. The molecule has 0 heterocycles. The molecule has 2 aromatic carbocycles. The molecule has 0 aromatic heterocycles. The summed E-state index contributed by atoms with van der Waals surface area (Å²) in [6.07, 6.45) is 0. The van der Waals surface area contributed by atoms with Crippen molar-refractivity contribution < 1.29 is 10.2 Å². The summed E-state index contributed by atoms with van der Waals surface area (Å²) in [4.78, 5) is 43.4. The molecule has 0 atom stereocenters. The van der Waals surface area contributed by atoms with Crippen molar-refractivity contribution in [3.63, 3.8) is 0 Å². The third-order valence-corrected chi connectivity index (χ3v) is 4.67. The fourth-order valence-electron chi connectivity index (χ4n) is 1.27. The van der Waals surface area contributed by atoms with E-state index in [0.29, 0.717) is 11.5 Å². The summed E-state index contributed by atoms with van der Waals surface area (Å²) in [6, 6.07) is 0. The normalized spacial score (nSPS) is 11.3. The molecule has 0 amide bonds. The Morgan fingerprint density at radius 1 is 0.667 bits per heavy atom. The zero-order chi connectivity index (χ0) is 13.4.